The van der Waals surface area contributed by atoms with Gasteiger partial charge in [0, 0.05) is 24.2 Å². The number of rotatable bonds is 1. The normalized spacial score (nSPS) is 54.9. The third kappa shape index (κ3) is 1.01. The first kappa shape index (κ1) is 12.6. The van der Waals surface area contributed by atoms with Crippen molar-refractivity contribution in [3.8, 4) is 0 Å². The molecule has 0 N–H and O–H groups in total. The van der Waals surface area contributed by atoms with Crippen LogP contribution in [-0.2, 0) is 23.8 Å². The van der Waals surface area contributed by atoms with Crippen molar-refractivity contribution in [2.24, 2.45) is 28.1 Å². The highest BCUT2D eigenvalue weighted by molar-refractivity contribution is 6.07. The quantitative estimate of drug-likeness (QED) is 0.682. The smallest absolute Gasteiger partial charge is 0.312 e. The first-order valence-electron chi connectivity index (χ1n) is 7.87. The second-order valence-electron chi connectivity index (χ2n) is 7.81. The molecule has 0 amide bonds. The number of esters is 1. The minimum absolute atomic E-state index is 0.0799. The van der Waals surface area contributed by atoms with E-state index in [1.54, 1.807) is 0 Å². The summed E-state index contributed by atoms with van der Waals surface area (Å²) >= 11 is 0. The molecule has 1 aliphatic heterocycles. The maximum Gasteiger partial charge on any atom is 0.312 e. The van der Waals surface area contributed by atoms with E-state index in [9.17, 15) is 9.59 Å². The minimum Gasteiger partial charge on any atom is -0.469 e. The summed E-state index contributed by atoms with van der Waals surface area (Å²) in [5, 5.41) is 0. The van der Waals surface area contributed by atoms with Gasteiger partial charge in [0.15, 0.2) is 5.79 Å². The van der Waals surface area contributed by atoms with Crippen LogP contribution in [0.2, 0.25) is 0 Å². The molecular weight excluding hydrogens is 272 g/mol. The van der Waals surface area contributed by atoms with Gasteiger partial charge in [-0.05, 0) is 24.2 Å². The van der Waals surface area contributed by atoms with E-state index in [4.69, 9.17) is 14.2 Å². The summed E-state index contributed by atoms with van der Waals surface area (Å²) in [6, 6.07) is 0. The van der Waals surface area contributed by atoms with Gasteiger partial charge < -0.3 is 14.2 Å². The summed E-state index contributed by atoms with van der Waals surface area (Å²) in [4.78, 5) is 25.3. The highest BCUT2D eigenvalue weighted by Gasteiger charge is 2.96. The number of methoxy groups -OCH3 is 1. The second kappa shape index (κ2) is 3.20. The fourth-order valence-electron chi connectivity index (χ4n) is 6.65. The van der Waals surface area contributed by atoms with Crippen molar-refractivity contribution in [1.29, 1.82) is 0 Å². The Morgan fingerprint density at radius 2 is 1.95 bits per heavy atom. The van der Waals surface area contributed by atoms with Crippen molar-refractivity contribution in [3.05, 3.63) is 0 Å². The predicted octanol–water partition coefficient (Wildman–Crippen LogP) is 1.30. The largest absolute Gasteiger partial charge is 0.469 e. The molecule has 114 valence electrons. The van der Waals surface area contributed by atoms with Crippen LogP contribution in [-0.4, -0.2) is 37.9 Å². The van der Waals surface area contributed by atoms with Crippen molar-refractivity contribution in [2.75, 3.05) is 20.3 Å². The van der Waals surface area contributed by atoms with Gasteiger partial charge in [0.25, 0.3) is 0 Å². The minimum atomic E-state index is -0.578. The maximum absolute atomic E-state index is 13.0. The Bertz CT molecular complexity index is 579. The Hall–Kier alpha value is -0.940. The monoisotopic (exact) mass is 292 g/mol. The SMILES string of the molecule is COC(=O)[C@@]12C[C@@]34CC5(CC[C@]3(C)[C@@H]1[C@@H]2C4=O)OCCO5. The molecule has 6 aliphatic rings. The molecule has 4 bridgehead atoms. The number of ether oxygens (including phenoxy) is 3. The molecule has 6 fully saturated rings. The summed E-state index contributed by atoms with van der Waals surface area (Å²) in [5.41, 5.74) is -1.03. The van der Waals surface area contributed by atoms with E-state index in [1.165, 1.54) is 7.11 Å². The molecule has 0 aromatic rings. The van der Waals surface area contributed by atoms with Crippen LogP contribution < -0.4 is 0 Å². The fourth-order valence-corrected chi connectivity index (χ4v) is 6.65. The summed E-state index contributed by atoms with van der Waals surface area (Å²) < 4.78 is 16.8. The summed E-state index contributed by atoms with van der Waals surface area (Å²) in [6.07, 6.45) is 3.00. The lowest BCUT2D eigenvalue weighted by molar-refractivity contribution is -0.219. The molecule has 1 saturated heterocycles. The van der Waals surface area contributed by atoms with Crippen LogP contribution in [0.4, 0.5) is 0 Å². The Kier molecular flexibility index (Phi) is 1.92. The molecule has 1 heterocycles. The van der Waals surface area contributed by atoms with Crippen LogP contribution >= 0.6 is 0 Å². The van der Waals surface area contributed by atoms with Crippen LogP contribution in [0.15, 0.2) is 0 Å². The Morgan fingerprint density at radius 1 is 1.24 bits per heavy atom. The summed E-state index contributed by atoms with van der Waals surface area (Å²) in [6.45, 7) is 3.42. The lowest BCUT2D eigenvalue weighted by Crippen LogP contribution is -2.51. The van der Waals surface area contributed by atoms with E-state index in [-0.39, 0.29) is 29.0 Å². The topological polar surface area (TPSA) is 61.8 Å². The van der Waals surface area contributed by atoms with Gasteiger partial charge in [0.05, 0.1) is 25.7 Å². The lowest BCUT2D eigenvalue weighted by atomic mass is 9.58. The van der Waals surface area contributed by atoms with Gasteiger partial charge in [0.2, 0.25) is 0 Å². The van der Waals surface area contributed by atoms with E-state index in [1.807, 2.05) is 0 Å². The average molecular weight is 292 g/mol. The van der Waals surface area contributed by atoms with Gasteiger partial charge in [-0.15, -0.1) is 0 Å². The van der Waals surface area contributed by atoms with E-state index < -0.39 is 16.6 Å². The molecule has 5 heteroatoms. The molecule has 0 aromatic carbocycles. The Balaban J connectivity index is 1.61. The Labute approximate surface area is 123 Å². The number of carbonyl (C=O) groups is 2. The number of Topliss-reactive ketones (excluding diaryl/α,β-unsaturated/α-hetero) is 1. The molecule has 21 heavy (non-hydrogen) atoms. The Morgan fingerprint density at radius 3 is 2.62 bits per heavy atom. The predicted molar refractivity (Wildman–Crippen MR) is 70.1 cm³/mol. The number of hydrogen-bond acceptors (Lipinski definition) is 5. The fraction of sp³-hybridized carbons (Fsp3) is 0.875. The van der Waals surface area contributed by atoms with E-state index >= 15 is 0 Å². The zero-order valence-electron chi connectivity index (χ0n) is 12.4. The second-order valence-corrected chi connectivity index (χ2v) is 7.81. The van der Waals surface area contributed by atoms with Crippen molar-refractivity contribution in [1.82, 2.24) is 0 Å². The number of ketones is 1. The van der Waals surface area contributed by atoms with E-state index in [0.29, 0.717) is 26.1 Å². The van der Waals surface area contributed by atoms with Gasteiger partial charge in [-0.25, -0.2) is 0 Å². The number of hydrogen-bond donors (Lipinski definition) is 0. The third-order valence-corrected chi connectivity index (χ3v) is 7.44. The van der Waals surface area contributed by atoms with Crippen LogP contribution in [0.3, 0.4) is 0 Å². The zero-order valence-corrected chi connectivity index (χ0v) is 12.4. The lowest BCUT2D eigenvalue weighted by Gasteiger charge is -2.49. The number of carbonyl (C=O) groups excluding carboxylic acids is 2. The van der Waals surface area contributed by atoms with Crippen molar-refractivity contribution < 1.29 is 23.8 Å². The van der Waals surface area contributed by atoms with E-state index in [2.05, 4.69) is 6.92 Å². The molecule has 6 rings (SSSR count). The molecule has 5 saturated carbocycles. The molecular formula is C16H20O5. The molecule has 0 unspecified atom stereocenters. The zero-order chi connectivity index (χ0) is 14.7. The van der Waals surface area contributed by atoms with Gasteiger partial charge in [0.1, 0.15) is 5.78 Å². The molecule has 5 nitrogen and oxygen atoms in total. The van der Waals surface area contributed by atoms with Crippen LogP contribution in [0, 0.1) is 28.1 Å². The van der Waals surface area contributed by atoms with E-state index in [0.717, 1.165) is 12.8 Å². The van der Waals surface area contributed by atoms with Crippen LogP contribution in [0.5, 0.6) is 0 Å². The van der Waals surface area contributed by atoms with Crippen molar-refractivity contribution in [2.45, 2.75) is 38.4 Å². The molecule has 0 aromatic heterocycles. The van der Waals surface area contributed by atoms with Crippen LogP contribution in [0.1, 0.15) is 32.6 Å². The standard InChI is InChI=1S/C16H20O5/c1-13-3-4-15(20-5-6-21-15)7-14(13)8-16(12(18)19-2)9(10(13)16)11(14)17/h9-10H,3-8H2,1-2H3/t9-,10+,13-,14-,16-/m1/s1. The van der Waals surface area contributed by atoms with Crippen LogP contribution in [0.25, 0.3) is 0 Å². The van der Waals surface area contributed by atoms with Gasteiger partial charge in [-0.2, -0.15) is 0 Å². The van der Waals surface area contributed by atoms with Gasteiger partial charge in [-0.1, -0.05) is 6.92 Å². The molecule has 5 aliphatic carbocycles. The van der Waals surface area contributed by atoms with Gasteiger partial charge in [-0.3, -0.25) is 9.59 Å². The average Bonchev–Trinajstić information content (AvgIpc) is 2.73. The molecule has 2 spiro atoms. The highest BCUT2D eigenvalue weighted by atomic mass is 16.7. The van der Waals surface area contributed by atoms with Crippen molar-refractivity contribution in [3.63, 3.8) is 0 Å². The van der Waals surface area contributed by atoms with Gasteiger partial charge >= 0.3 is 5.97 Å². The highest BCUT2D eigenvalue weighted by Crippen LogP contribution is 2.91. The molecule has 5 atom stereocenters. The summed E-state index contributed by atoms with van der Waals surface area (Å²) in [7, 11) is 1.43. The first-order chi connectivity index (χ1) is 9.96. The van der Waals surface area contributed by atoms with Crippen molar-refractivity contribution >= 4 is 11.8 Å². The summed E-state index contributed by atoms with van der Waals surface area (Å²) in [5.74, 6) is -0.403. The third-order valence-electron chi connectivity index (χ3n) is 7.44. The maximum atomic E-state index is 13.0. The molecule has 0 radical (unpaired) electrons. The first-order valence-corrected chi connectivity index (χ1v) is 7.87.